The molecule has 0 aromatic heterocycles. The van der Waals surface area contributed by atoms with Crippen molar-refractivity contribution in [2.24, 2.45) is 21.3 Å². The number of nitrogens with one attached hydrogen (secondary N) is 1. The fraction of sp³-hybridized carbons (Fsp3) is 0.375. The van der Waals surface area contributed by atoms with Crippen LogP contribution in [-0.2, 0) is 9.59 Å². The van der Waals surface area contributed by atoms with Gasteiger partial charge in [0.1, 0.15) is 5.78 Å². The molecule has 1 N–H and O–H groups in total. The van der Waals surface area contributed by atoms with Gasteiger partial charge in [-0.25, -0.2) is 4.99 Å². The number of hydrogen-bond donors (Lipinski definition) is 1. The molecule has 0 spiro atoms. The van der Waals surface area contributed by atoms with Crippen molar-refractivity contribution in [2.45, 2.75) is 46.0 Å². The molecule has 1 saturated carbocycles. The maximum Gasteiger partial charge on any atom is 0.249 e. The van der Waals surface area contributed by atoms with Crippen molar-refractivity contribution in [1.82, 2.24) is 10.2 Å². The minimum Gasteiger partial charge on any atom is -0.357 e. The highest BCUT2D eigenvalue weighted by atomic mass is 16.2. The lowest BCUT2D eigenvalue weighted by Gasteiger charge is -2.41. The Balaban J connectivity index is 1.49. The van der Waals surface area contributed by atoms with Gasteiger partial charge in [0.05, 0.1) is 12.3 Å². The van der Waals surface area contributed by atoms with E-state index in [0.717, 1.165) is 41.1 Å². The van der Waals surface area contributed by atoms with E-state index < -0.39 is 5.92 Å². The van der Waals surface area contributed by atoms with Gasteiger partial charge in [-0.15, -0.1) is 0 Å². The quantitative estimate of drug-likeness (QED) is 0.534. The summed E-state index contributed by atoms with van der Waals surface area (Å²) in [5, 5.41) is 3.12. The predicted octanol–water partition coefficient (Wildman–Crippen LogP) is 5.54. The summed E-state index contributed by atoms with van der Waals surface area (Å²) in [6, 6.07) is 18.6. The molecule has 1 aliphatic carbocycles. The van der Waals surface area contributed by atoms with Crippen molar-refractivity contribution in [2.75, 3.05) is 19.6 Å². The summed E-state index contributed by atoms with van der Waals surface area (Å²) in [7, 11) is 0. The van der Waals surface area contributed by atoms with Crippen LogP contribution < -0.4 is 5.32 Å². The molecule has 2 aromatic carbocycles. The van der Waals surface area contributed by atoms with E-state index in [1.165, 1.54) is 0 Å². The van der Waals surface area contributed by atoms with Gasteiger partial charge in [0.15, 0.2) is 0 Å². The van der Waals surface area contributed by atoms with E-state index in [2.05, 4.69) is 65.5 Å². The summed E-state index contributed by atoms with van der Waals surface area (Å²) in [5.41, 5.74) is 5.45. The molecule has 3 aliphatic rings. The molecular weight excluding hydrogens is 472 g/mol. The van der Waals surface area contributed by atoms with Gasteiger partial charge < -0.3 is 10.2 Å². The Bertz CT molecular complexity index is 1320. The van der Waals surface area contributed by atoms with E-state index in [9.17, 15) is 9.59 Å². The number of carbonyl (C=O) groups is 2. The molecule has 0 bridgehead atoms. The van der Waals surface area contributed by atoms with Gasteiger partial charge in [-0.2, -0.15) is 0 Å². The lowest BCUT2D eigenvalue weighted by Crippen LogP contribution is -2.45. The first-order valence-corrected chi connectivity index (χ1v) is 13.6. The largest absolute Gasteiger partial charge is 0.357 e. The molecular formula is C32H36N4O2. The molecule has 0 saturated heterocycles. The van der Waals surface area contributed by atoms with Gasteiger partial charge in [-0.3, -0.25) is 14.6 Å². The zero-order chi connectivity index (χ0) is 26.7. The number of rotatable bonds is 7. The third-order valence-corrected chi connectivity index (χ3v) is 7.65. The Morgan fingerprint density at radius 2 is 1.76 bits per heavy atom. The number of carbonyl (C=O) groups excluding carboxylic acids is 2. The van der Waals surface area contributed by atoms with Crippen LogP contribution in [0.15, 0.2) is 88.1 Å². The Morgan fingerprint density at radius 1 is 1.03 bits per heavy atom. The van der Waals surface area contributed by atoms with E-state index >= 15 is 0 Å². The van der Waals surface area contributed by atoms with Gasteiger partial charge in [-0.1, -0.05) is 75.4 Å². The van der Waals surface area contributed by atoms with Crippen molar-refractivity contribution in [3.63, 3.8) is 0 Å². The van der Waals surface area contributed by atoms with Gasteiger partial charge in [0.25, 0.3) is 0 Å². The zero-order valence-corrected chi connectivity index (χ0v) is 22.5. The Labute approximate surface area is 225 Å². The normalized spacial score (nSPS) is 22.2. The number of benzene rings is 2. The third kappa shape index (κ3) is 5.40. The van der Waals surface area contributed by atoms with Gasteiger partial charge in [0, 0.05) is 55.2 Å². The Morgan fingerprint density at radius 3 is 2.45 bits per heavy atom. The fourth-order valence-electron chi connectivity index (χ4n) is 5.89. The molecule has 6 nitrogen and oxygen atoms in total. The molecule has 0 radical (unpaired) electrons. The second kappa shape index (κ2) is 10.9. The average Bonchev–Trinajstić information content (AvgIpc) is 2.92. The van der Waals surface area contributed by atoms with E-state index in [0.29, 0.717) is 31.5 Å². The number of allylic oxidation sites excluding steroid dienone is 1. The Hall–Kier alpha value is -3.80. The lowest BCUT2D eigenvalue weighted by atomic mass is 9.63. The van der Waals surface area contributed by atoms with E-state index in [4.69, 9.17) is 4.99 Å². The number of nitrogens with zero attached hydrogens (tertiary/aromatic N) is 3. The smallest absolute Gasteiger partial charge is 0.249 e. The minimum atomic E-state index is -0.402. The Kier molecular flexibility index (Phi) is 7.41. The molecule has 6 heteroatoms. The van der Waals surface area contributed by atoms with Crippen LogP contribution in [0.3, 0.4) is 0 Å². The van der Waals surface area contributed by atoms with Crippen molar-refractivity contribution >= 4 is 23.7 Å². The second-order valence-electron chi connectivity index (χ2n) is 11.1. The van der Waals surface area contributed by atoms with Crippen LogP contribution in [0.5, 0.6) is 0 Å². The molecule has 5 rings (SSSR count). The monoisotopic (exact) mass is 508 g/mol. The van der Waals surface area contributed by atoms with Crippen molar-refractivity contribution in [1.29, 1.82) is 0 Å². The summed E-state index contributed by atoms with van der Waals surface area (Å²) < 4.78 is 0. The SMILES string of the molecule is CCC1=C(C(=O)NCCN2C=NC=CC2)C(c2ccc(-c3ccccc3)cc2)C2C(=O)CC(C)(C)CC2=N1. The summed E-state index contributed by atoms with van der Waals surface area (Å²) in [4.78, 5) is 38.6. The maximum absolute atomic E-state index is 13.8. The van der Waals surface area contributed by atoms with Gasteiger partial charge in [-0.05, 0) is 41.0 Å². The van der Waals surface area contributed by atoms with Crippen LogP contribution >= 0.6 is 0 Å². The summed E-state index contributed by atoms with van der Waals surface area (Å²) >= 11 is 0. The highest BCUT2D eigenvalue weighted by Gasteiger charge is 2.47. The van der Waals surface area contributed by atoms with Gasteiger partial charge in [0.2, 0.25) is 5.91 Å². The van der Waals surface area contributed by atoms with E-state index in [1.807, 2.05) is 31.2 Å². The molecule has 196 valence electrons. The van der Waals surface area contributed by atoms with Crippen LogP contribution in [-0.4, -0.2) is 48.3 Å². The molecule has 2 heterocycles. The lowest BCUT2D eigenvalue weighted by molar-refractivity contribution is -0.124. The molecule has 2 unspecified atom stereocenters. The second-order valence-corrected chi connectivity index (χ2v) is 11.1. The molecule has 1 fully saturated rings. The number of amides is 1. The highest BCUT2D eigenvalue weighted by molar-refractivity contribution is 6.12. The maximum atomic E-state index is 13.8. The number of ketones is 1. The van der Waals surface area contributed by atoms with E-state index in [-0.39, 0.29) is 23.0 Å². The first-order valence-electron chi connectivity index (χ1n) is 13.6. The average molecular weight is 509 g/mol. The number of hydrogen-bond acceptors (Lipinski definition) is 5. The van der Waals surface area contributed by atoms with E-state index in [1.54, 1.807) is 12.5 Å². The van der Waals surface area contributed by atoms with Crippen molar-refractivity contribution < 1.29 is 9.59 Å². The first-order chi connectivity index (χ1) is 18.4. The molecule has 38 heavy (non-hydrogen) atoms. The fourth-order valence-corrected chi connectivity index (χ4v) is 5.89. The first kappa shape index (κ1) is 25.8. The number of aliphatic imine (C=N–C) groups is 2. The van der Waals surface area contributed by atoms with Crippen LogP contribution in [0.1, 0.15) is 51.5 Å². The molecule has 1 amide bonds. The number of Topliss-reactive ketones (excluding diaryl/α,β-unsaturated/α-hetero) is 1. The summed E-state index contributed by atoms with van der Waals surface area (Å²) in [5.74, 6) is -0.704. The molecule has 2 atom stereocenters. The van der Waals surface area contributed by atoms with Crippen LogP contribution in [0.2, 0.25) is 0 Å². The number of fused-ring (bicyclic) bond motifs is 1. The van der Waals surface area contributed by atoms with Crippen molar-refractivity contribution in [3.8, 4) is 11.1 Å². The summed E-state index contributed by atoms with van der Waals surface area (Å²) in [6.07, 6.45) is 7.45. The van der Waals surface area contributed by atoms with Crippen molar-refractivity contribution in [3.05, 3.63) is 83.7 Å². The van der Waals surface area contributed by atoms with Crippen LogP contribution in [0.4, 0.5) is 0 Å². The van der Waals surface area contributed by atoms with Crippen LogP contribution in [0.25, 0.3) is 11.1 Å². The highest BCUT2D eigenvalue weighted by Crippen LogP contribution is 2.47. The third-order valence-electron chi connectivity index (χ3n) is 7.65. The summed E-state index contributed by atoms with van der Waals surface area (Å²) in [6.45, 7) is 8.22. The van der Waals surface area contributed by atoms with Crippen LogP contribution in [0, 0.1) is 11.3 Å². The standard InChI is InChI=1S/C32H36N4O2/c1-4-25-30(31(38)34-16-18-36-17-8-15-33-21-36)28(29-26(35-25)19-32(2,3)20-27(29)37)24-13-11-23(12-14-24)22-9-6-5-7-10-22/h5-15,21,28-29H,4,16-20H2,1-3H3,(H,34,38). The van der Waals surface area contributed by atoms with Gasteiger partial charge >= 0.3 is 0 Å². The topological polar surface area (TPSA) is 74.1 Å². The minimum absolute atomic E-state index is 0.128. The zero-order valence-electron chi connectivity index (χ0n) is 22.5. The molecule has 2 aromatic rings. The molecule has 2 aliphatic heterocycles. The predicted molar refractivity (Wildman–Crippen MR) is 153 cm³/mol.